The summed E-state index contributed by atoms with van der Waals surface area (Å²) in [6.07, 6.45) is 5.18. The van der Waals surface area contributed by atoms with Crippen LogP contribution in [0.2, 0.25) is 0 Å². The van der Waals surface area contributed by atoms with Crippen molar-refractivity contribution in [1.82, 2.24) is 9.88 Å². The highest BCUT2D eigenvalue weighted by Crippen LogP contribution is 2.30. The van der Waals surface area contributed by atoms with Gasteiger partial charge in [-0.3, -0.25) is 4.98 Å². The maximum atomic E-state index is 12.6. The topological polar surface area (TPSA) is 72.9 Å². The van der Waals surface area contributed by atoms with Crippen LogP contribution in [-0.2, 0) is 0 Å². The SMILES string of the molecule is COc1ccc(NC(=O)N2CCCC(Oc3ccncc3)C2)cc1OC. The number of likely N-dealkylation sites (tertiary alicyclic amines) is 1. The first-order valence-corrected chi connectivity index (χ1v) is 8.54. The van der Waals surface area contributed by atoms with Crippen molar-refractivity contribution in [2.75, 3.05) is 32.6 Å². The van der Waals surface area contributed by atoms with Gasteiger partial charge in [0.1, 0.15) is 11.9 Å². The lowest BCUT2D eigenvalue weighted by Gasteiger charge is -2.33. The fourth-order valence-electron chi connectivity index (χ4n) is 2.94. The van der Waals surface area contributed by atoms with Gasteiger partial charge in [-0.25, -0.2) is 4.79 Å². The number of benzene rings is 1. The average Bonchev–Trinajstić information content (AvgIpc) is 2.69. The highest BCUT2D eigenvalue weighted by atomic mass is 16.5. The fourth-order valence-corrected chi connectivity index (χ4v) is 2.94. The number of hydrogen-bond acceptors (Lipinski definition) is 5. The number of methoxy groups -OCH3 is 2. The van der Waals surface area contributed by atoms with Gasteiger partial charge in [-0.05, 0) is 37.1 Å². The van der Waals surface area contributed by atoms with E-state index in [9.17, 15) is 4.79 Å². The number of ether oxygens (including phenoxy) is 3. The molecule has 7 nitrogen and oxygen atoms in total. The van der Waals surface area contributed by atoms with Crippen LogP contribution < -0.4 is 19.5 Å². The van der Waals surface area contributed by atoms with Crippen LogP contribution >= 0.6 is 0 Å². The quantitative estimate of drug-likeness (QED) is 0.890. The van der Waals surface area contributed by atoms with E-state index in [1.54, 1.807) is 49.7 Å². The van der Waals surface area contributed by atoms with Gasteiger partial charge >= 0.3 is 6.03 Å². The summed E-state index contributed by atoms with van der Waals surface area (Å²) in [5, 5.41) is 2.91. The number of carbonyl (C=O) groups is 1. The van der Waals surface area contributed by atoms with E-state index in [1.807, 2.05) is 12.1 Å². The van der Waals surface area contributed by atoms with E-state index in [4.69, 9.17) is 14.2 Å². The molecule has 1 aliphatic rings. The van der Waals surface area contributed by atoms with Crippen molar-refractivity contribution in [2.45, 2.75) is 18.9 Å². The minimum absolute atomic E-state index is 0.0256. The predicted molar refractivity (Wildman–Crippen MR) is 98.0 cm³/mol. The van der Waals surface area contributed by atoms with Gasteiger partial charge in [0.25, 0.3) is 0 Å². The summed E-state index contributed by atoms with van der Waals surface area (Å²) in [7, 11) is 3.14. The van der Waals surface area contributed by atoms with Crippen molar-refractivity contribution < 1.29 is 19.0 Å². The molecule has 2 heterocycles. The van der Waals surface area contributed by atoms with E-state index < -0.39 is 0 Å². The van der Waals surface area contributed by atoms with E-state index in [-0.39, 0.29) is 12.1 Å². The highest BCUT2D eigenvalue weighted by Gasteiger charge is 2.25. The smallest absolute Gasteiger partial charge is 0.321 e. The molecule has 1 unspecified atom stereocenters. The van der Waals surface area contributed by atoms with Crippen molar-refractivity contribution in [3.8, 4) is 17.2 Å². The number of rotatable bonds is 5. The Hall–Kier alpha value is -2.96. The van der Waals surface area contributed by atoms with Crippen LogP contribution in [0.4, 0.5) is 10.5 Å². The fraction of sp³-hybridized carbons (Fsp3) is 0.368. The zero-order valence-corrected chi connectivity index (χ0v) is 15.0. The highest BCUT2D eigenvalue weighted by molar-refractivity contribution is 5.89. The number of anilines is 1. The summed E-state index contributed by atoms with van der Waals surface area (Å²) in [6.45, 7) is 1.25. The van der Waals surface area contributed by atoms with Crippen LogP contribution in [0.5, 0.6) is 17.2 Å². The molecule has 2 aromatic rings. The summed E-state index contributed by atoms with van der Waals surface area (Å²) < 4.78 is 16.4. The molecular formula is C19H23N3O4. The molecule has 1 saturated heterocycles. The van der Waals surface area contributed by atoms with Crippen molar-refractivity contribution in [3.63, 3.8) is 0 Å². The Balaban J connectivity index is 1.60. The number of carbonyl (C=O) groups excluding carboxylic acids is 1. The van der Waals surface area contributed by atoms with Gasteiger partial charge < -0.3 is 24.4 Å². The third-order valence-electron chi connectivity index (χ3n) is 4.25. The monoisotopic (exact) mass is 357 g/mol. The maximum absolute atomic E-state index is 12.6. The number of pyridine rings is 1. The molecule has 26 heavy (non-hydrogen) atoms. The second-order valence-corrected chi connectivity index (χ2v) is 6.01. The lowest BCUT2D eigenvalue weighted by molar-refractivity contribution is 0.106. The molecule has 1 N–H and O–H groups in total. The van der Waals surface area contributed by atoms with E-state index >= 15 is 0 Å². The van der Waals surface area contributed by atoms with Crippen LogP contribution in [-0.4, -0.2) is 49.3 Å². The lowest BCUT2D eigenvalue weighted by atomic mass is 10.1. The van der Waals surface area contributed by atoms with Gasteiger partial charge in [-0.1, -0.05) is 0 Å². The summed E-state index contributed by atoms with van der Waals surface area (Å²) in [5.41, 5.74) is 0.657. The Kier molecular flexibility index (Phi) is 5.78. The molecule has 3 rings (SSSR count). The minimum Gasteiger partial charge on any atom is -0.493 e. The van der Waals surface area contributed by atoms with Crippen molar-refractivity contribution in [1.29, 1.82) is 0 Å². The Morgan fingerprint density at radius 1 is 1.15 bits per heavy atom. The molecule has 138 valence electrons. The molecule has 0 spiro atoms. The Morgan fingerprint density at radius 3 is 2.65 bits per heavy atom. The molecule has 0 aliphatic carbocycles. The summed E-state index contributed by atoms with van der Waals surface area (Å²) in [5.74, 6) is 1.96. The zero-order valence-electron chi connectivity index (χ0n) is 15.0. The Morgan fingerprint density at radius 2 is 1.92 bits per heavy atom. The summed E-state index contributed by atoms with van der Waals surface area (Å²) in [6, 6.07) is 8.78. The van der Waals surface area contributed by atoms with E-state index in [2.05, 4.69) is 10.3 Å². The zero-order chi connectivity index (χ0) is 18.4. The maximum Gasteiger partial charge on any atom is 0.321 e. The van der Waals surface area contributed by atoms with Gasteiger partial charge in [0.05, 0.1) is 20.8 Å². The molecule has 0 saturated carbocycles. The number of piperidine rings is 1. The van der Waals surface area contributed by atoms with Crippen molar-refractivity contribution in [3.05, 3.63) is 42.7 Å². The Bertz CT molecular complexity index is 739. The van der Waals surface area contributed by atoms with Crippen LogP contribution in [0.1, 0.15) is 12.8 Å². The standard InChI is InChI=1S/C19H23N3O4/c1-24-17-6-5-14(12-18(17)25-2)21-19(23)22-11-3-4-16(13-22)26-15-7-9-20-10-8-15/h5-10,12,16H,3-4,11,13H2,1-2H3,(H,21,23). The first kappa shape index (κ1) is 17.8. The number of nitrogens with one attached hydrogen (secondary N) is 1. The van der Waals surface area contributed by atoms with E-state index in [0.717, 1.165) is 18.6 Å². The number of urea groups is 1. The second-order valence-electron chi connectivity index (χ2n) is 6.01. The molecule has 1 aliphatic heterocycles. The molecule has 2 amide bonds. The van der Waals surface area contributed by atoms with E-state index in [0.29, 0.717) is 30.3 Å². The van der Waals surface area contributed by atoms with Gasteiger partial charge in [0.2, 0.25) is 0 Å². The van der Waals surface area contributed by atoms with Crippen LogP contribution in [0.15, 0.2) is 42.7 Å². The summed E-state index contributed by atoms with van der Waals surface area (Å²) in [4.78, 5) is 18.3. The van der Waals surface area contributed by atoms with Gasteiger partial charge in [0.15, 0.2) is 11.5 Å². The molecule has 0 radical (unpaired) electrons. The first-order valence-electron chi connectivity index (χ1n) is 8.54. The molecule has 1 atom stereocenters. The average molecular weight is 357 g/mol. The molecule has 7 heteroatoms. The van der Waals surface area contributed by atoms with Gasteiger partial charge in [-0.2, -0.15) is 0 Å². The van der Waals surface area contributed by atoms with Gasteiger partial charge in [-0.15, -0.1) is 0 Å². The number of hydrogen-bond donors (Lipinski definition) is 1. The lowest BCUT2D eigenvalue weighted by Crippen LogP contribution is -2.46. The van der Waals surface area contributed by atoms with Crippen LogP contribution in [0, 0.1) is 0 Å². The van der Waals surface area contributed by atoms with Crippen molar-refractivity contribution in [2.24, 2.45) is 0 Å². The predicted octanol–water partition coefficient (Wildman–Crippen LogP) is 3.17. The molecular weight excluding hydrogens is 334 g/mol. The van der Waals surface area contributed by atoms with Crippen molar-refractivity contribution >= 4 is 11.7 Å². The largest absolute Gasteiger partial charge is 0.493 e. The Labute approximate surface area is 152 Å². The third kappa shape index (κ3) is 4.36. The molecule has 1 fully saturated rings. The van der Waals surface area contributed by atoms with Gasteiger partial charge in [0, 0.05) is 30.7 Å². The second kappa shape index (κ2) is 8.42. The number of aromatic nitrogens is 1. The molecule has 1 aromatic carbocycles. The number of amides is 2. The van der Waals surface area contributed by atoms with Crippen LogP contribution in [0.3, 0.4) is 0 Å². The molecule has 0 bridgehead atoms. The minimum atomic E-state index is -0.153. The third-order valence-corrected chi connectivity index (χ3v) is 4.25. The first-order chi connectivity index (χ1) is 12.7. The number of nitrogens with zero attached hydrogens (tertiary/aromatic N) is 2. The van der Waals surface area contributed by atoms with Crippen LogP contribution in [0.25, 0.3) is 0 Å². The molecule has 1 aromatic heterocycles. The normalized spacial score (nSPS) is 16.7. The summed E-state index contributed by atoms with van der Waals surface area (Å²) >= 11 is 0. The van der Waals surface area contributed by atoms with E-state index in [1.165, 1.54) is 0 Å².